The zero-order valence-electron chi connectivity index (χ0n) is 10.7. The molecule has 0 aromatic heterocycles. The summed E-state index contributed by atoms with van der Waals surface area (Å²) in [6.07, 6.45) is 1.38. The Balaban J connectivity index is 2.20. The molecule has 1 aliphatic heterocycles. The van der Waals surface area contributed by atoms with Crippen LogP contribution in [-0.2, 0) is 11.2 Å². The van der Waals surface area contributed by atoms with Crippen LogP contribution in [0.3, 0.4) is 0 Å². The van der Waals surface area contributed by atoms with E-state index in [9.17, 15) is 9.59 Å². The van der Waals surface area contributed by atoms with Crippen LogP contribution in [0.15, 0.2) is 18.2 Å². The van der Waals surface area contributed by atoms with Crippen molar-refractivity contribution in [3.05, 3.63) is 29.3 Å². The van der Waals surface area contributed by atoms with Gasteiger partial charge in [0.05, 0.1) is 13.5 Å². The van der Waals surface area contributed by atoms with Crippen molar-refractivity contribution in [2.45, 2.75) is 19.8 Å². The summed E-state index contributed by atoms with van der Waals surface area (Å²) < 4.78 is 5.23. The monoisotopic (exact) mass is 247 g/mol. The van der Waals surface area contributed by atoms with E-state index in [0.717, 1.165) is 25.1 Å². The van der Waals surface area contributed by atoms with Crippen LogP contribution in [0.25, 0.3) is 0 Å². The van der Waals surface area contributed by atoms with Crippen LogP contribution in [0.4, 0.5) is 0 Å². The molecule has 1 aromatic carbocycles. The van der Waals surface area contributed by atoms with E-state index >= 15 is 0 Å². The lowest BCUT2D eigenvalue weighted by Gasteiger charge is -2.31. The van der Waals surface area contributed by atoms with Crippen molar-refractivity contribution < 1.29 is 14.3 Å². The molecule has 0 radical (unpaired) electrons. The topological polar surface area (TPSA) is 46.6 Å². The minimum Gasteiger partial charge on any atom is -0.496 e. The molecule has 0 spiro atoms. The Bertz CT molecular complexity index is 478. The smallest absolute Gasteiger partial charge is 0.227 e. The van der Waals surface area contributed by atoms with Gasteiger partial charge in [0.2, 0.25) is 5.91 Å². The quantitative estimate of drug-likeness (QED) is 0.760. The van der Waals surface area contributed by atoms with Gasteiger partial charge in [-0.3, -0.25) is 9.59 Å². The molecule has 4 nitrogen and oxygen atoms in total. The standard InChI is InChI=1S/C14H17NO3/c1-10(16)11-4-5-13(18-2)12(8-11)9-14(17)15-6-3-7-15/h4-5,8H,3,6-7,9H2,1-2H3. The van der Waals surface area contributed by atoms with Crippen molar-refractivity contribution in [3.63, 3.8) is 0 Å². The number of rotatable bonds is 4. The SMILES string of the molecule is COc1ccc(C(C)=O)cc1CC(=O)N1CCC1. The van der Waals surface area contributed by atoms with Crippen molar-refractivity contribution in [2.24, 2.45) is 0 Å². The summed E-state index contributed by atoms with van der Waals surface area (Å²) in [6.45, 7) is 3.20. The average Bonchev–Trinajstić information content (AvgIpc) is 2.26. The summed E-state index contributed by atoms with van der Waals surface area (Å²) in [5.74, 6) is 0.754. The van der Waals surface area contributed by atoms with Crippen LogP contribution in [0.2, 0.25) is 0 Å². The number of carbonyl (C=O) groups excluding carboxylic acids is 2. The first-order valence-electron chi connectivity index (χ1n) is 6.07. The van der Waals surface area contributed by atoms with E-state index in [1.54, 1.807) is 25.3 Å². The first-order valence-corrected chi connectivity index (χ1v) is 6.07. The van der Waals surface area contributed by atoms with E-state index < -0.39 is 0 Å². The Labute approximate surface area is 107 Å². The van der Waals surface area contributed by atoms with Gasteiger partial charge in [0.25, 0.3) is 0 Å². The van der Waals surface area contributed by atoms with Crippen LogP contribution in [0.5, 0.6) is 5.75 Å². The summed E-state index contributed by atoms with van der Waals surface area (Å²) in [6, 6.07) is 5.22. The van der Waals surface area contributed by atoms with E-state index in [1.807, 2.05) is 4.90 Å². The Morgan fingerprint density at radius 3 is 2.56 bits per heavy atom. The zero-order chi connectivity index (χ0) is 13.1. The number of ketones is 1. The molecule has 1 amide bonds. The highest BCUT2D eigenvalue weighted by atomic mass is 16.5. The van der Waals surface area contributed by atoms with Crippen LogP contribution in [-0.4, -0.2) is 36.8 Å². The molecule has 0 aliphatic carbocycles. The molecule has 18 heavy (non-hydrogen) atoms. The van der Waals surface area contributed by atoms with Crippen LogP contribution < -0.4 is 4.74 Å². The van der Waals surface area contributed by atoms with E-state index in [2.05, 4.69) is 0 Å². The molecule has 0 atom stereocenters. The number of hydrogen-bond donors (Lipinski definition) is 0. The van der Waals surface area contributed by atoms with Crippen LogP contribution >= 0.6 is 0 Å². The zero-order valence-corrected chi connectivity index (χ0v) is 10.7. The molecule has 1 fully saturated rings. The molecular weight excluding hydrogens is 230 g/mol. The maximum absolute atomic E-state index is 11.9. The third kappa shape index (κ3) is 2.53. The second-order valence-corrected chi connectivity index (χ2v) is 4.49. The first-order chi connectivity index (χ1) is 8.61. The van der Waals surface area contributed by atoms with Gasteiger partial charge >= 0.3 is 0 Å². The number of carbonyl (C=O) groups is 2. The van der Waals surface area contributed by atoms with Gasteiger partial charge in [-0.05, 0) is 31.5 Å². The number of hydrogen-bond acceptors (Lipinski definition) is 3. The molecule has 0 unspecified atom stereocenters. The molecule has 1 heterocycles. The predicted molar refractivity (Wildman–Crippen MR) is 67.9 cm³/mol. The lowest BCUT2D eigenvalue weighted by molar-refractivity contribution is -0.133. The molecule has 96 valence electrons. The summed E-state index contributed by atoms with van der Waals surface area (Å²) in [5, 5.41) is 0. The van der Waals surface area contributed by atoms with E-state index in [1.165, 1.54) is 6.92 Å². The van der Waals surface area contributed by atoms with Gasteiger partial charge < -0.3 is 9.64 Å². The summed E-state index contributed by atoms with van der Waals surface area (Å²) >= 11 is 0. The number of benzene rings is 1. The minimum absolute atomic E-state index is 0.00435. The predicted octanol–water partition coefficient (Wildman–Crippen LogP) is 1.67. The van der Waals surface area contributed by atoms with E-state index in [0.29, 0.717) is 17.7 Å². The van der Waals surface area contributed by atoms with Gasteiger partial charge in [-0.15, -0.1) is 0 Å². The average molecular weight is 247 g/mol. The van der Waals surface area contributed by atoms with Crippen LogP contribution in [0.1, 0.15) is 29.3 Å². The lowest BCUT2D eigenvalue weighted by atomic mass is 10.0. The van der Waals surface area contributed by atoms with Gasteiger partial charge in [0.15, 0.2) is 5.78 Å². The molecule has 0 saturated carbocycles. The number of amides is 1. The Morgan fingerprint density at radius 1 is 1.33 bits per heavy atom. The summed E-state index contributed by atoms with van der Waals surface area (Å²) in [7, 11) is 1.57. The maximum Gasteiger partial charge on any atom is 0.227 e. The number of ether oxygens (including phenoxy) is 1. The van der Waals surface area contributed by atoms with E-state index in [4.69, 9.17) is 4.74 Å². The largest absolute Gasteiger partial charge is 0.496 e. The minimum atomic E-state index is -0.00435. The fourth-order valence-electron chi connectivity index (χ4n) is 1.98. The van der Waals surface area contributed by atoms with Crippen LogP contribution in [0, 0.1) is 0 Å². The van der Waals surface area contributed by atoms with Crippen molar-refractivity contribution in [1.82, 2.24) is 4.90 Å². The summed E-state index contributed by atoms with van der Waals surface area (Å²) in [4.78, 5) is 25.1. The molecule has 1 saturated heterocycles. The second kappa shape index (κ2) is 5.21. The van der Waals surface area contributed by atoms with Gasteiger partial charge in [-0.25, -0.2) is 0 Å². The number of Topliss-reactive ketones (excluding diaryl/α,β-unsaturated/α-hetero) is 1. The lowest BCUT2D eigenvalue weighted by Crippen LogP contribution is -2.42. The number of methoxy groups -OCH3 is 1. The molecular formula is C14H17NO3. The van der Waals surface area contributed by atoms with Gasteiger partial charge in [-0.1, -0.05) is 0 Å². The Hall–Kier alpha value is -1.84. The van der Waals surface area contributed by atoms with Crippen molar-refractivity contribution in [2.75, 3.05) is 20.2 Å². The molecule has 0 N–H and O–H groups in total. The third-order valence-corrected chi connectivity index (χ3v) is 3.24. The maximum atomic E-state index is 11.9. The first kappa shape index (κ1) is 12.6. The number of likely N-dealkylation sites (tertiary alicyclic amines) is 1. The molecule has 2 rings (SSSR count). The molecule has 0 bridgehead atoms. The van der Waals surface area contributed by atoms with Crippen molar-refractivity contribution >= 4 is 11.7 Å². The molecule has 4 heteroatoms. The van der Waals surface area contributed by atoms with Gasteiger partial charge in [-0.2, -0.15) is 0 Å². The van der Waals surface area contributed by atoms with Crippen molar-refractivity contribution in [3.8, 4) is 5.75 Å². The number of nitrogens with zero attached hydrogens (tertiary/aromatic N) is 1. The second-order valence-electron chi connectivity index (χ2n) is 4.49. The molecule has 1 aliphatic rings. The van der Waals surface area contributed by atoms with E-state index in [-0.39, 0.29) is 11.7 Å². The fourth-order valence-corrected chi connectivity index (χ4v) is 1.98. The van der Waals surface area contributed by atoms with Gasteiger partial charge in [0.1, 0.15) is 5.75 Å². The Morgan fingerprint density at radius 2 is 2.06 bits per heavy atom. The highest BCUT2D eigenvalue weighted by molar-refractivity contribution is 5.94. The fraction of sp³-hybridized carbons (Fsp3) is 0.429. The highest BCUT2D eigenvalue weighted by Gasteiger charge is 2.21. The normalized spacial score (nSPS) is 14.0. The third-order valence-electron chi connectivity index (χ3n) is 3.24. The highest BCUT2D eigenvalue weighted by Crippen LogP contribution is 2.22. The molecule has 1 aromatic rings. The van der Waals surface area contributed by atoms with Gasteiger partial charge in [0, 0.05) is 24.2 Å². The Kier molecular flexibility index (Phi) is 3.65. The summed E-state index contributed by atoms with van der Waals surface area (Å²) in [5.41, 5.74) is 1.39. The van der Waals surface area contributed by atoms with Crippen molar-refractivity contribution in [1.29, 1.82) is 0 Å².